The lowest BCUT2D eigenvalue weighted by atomic mass is 10.2. The molecule has 0 bridgehead atoms. The molecule has 15 heavy (non-hydrogen) atoms. The fourth-order valence-corrected chi connectivity index (χ4v) is 1.37. The number of nitrogens with one attached hydrogen (secondary N) is 1. The van der Waals surface area contributed by atoms with E-state index in [9.17, 15) is 0 Å². The lowest BCUT2D eigenvalue weighted by Crippen LogP contribution is -2.28. The Labute approximate surface area is 91.0 Å². The number of furan rings is 1. The molecule has 1 aromatic rings. The van der Waals surface area contributed by atoms with Crippen LogP contribution in [0, 0.1) is 18.8 Å². The molecule has 1 atom stereocenters. The van der Waals surface area contributed by atoms with Crippen LogP contribution in [0.4, 0.5) is 0 Å². The Bertz CT molecular complexity index is 346. The second-order valence-corrected chi connectivity index (χ2v) is 3.37. The van der Waals surface area contributed by atoms with Crippen molar-refractivity contribution in [1.82, 2.24) is 5.32 Å². The second-order valence-electron chi connectivity index (χ2n) is 3.37. The first kappa shape index (κ1) is 11.8. The number of nitrogens with two attached hydrogens (primary N) is 1. The van der Waals surface area contributed by atoms with E-state index in [0.29, 0.717) is 6.54 Å². The van der Waals surface area contributed by atoms with Gasteiger partial charge >= 0.3 is 0 Å². The van der Waals surface area contributed by atoms with Gasteiger partial charge in [-0.2, -0.15) is 0 Å². The van der Waals surface area contributed by atoms with Gasteiger partial charge in [0.2, 0.25) is 0 Å². The molecule has 1 heterocycles. The van der Waals surface area contributed by atoms with Gasteiger partial charge in [-0.05, 0) is 26.0 Å². The van der Waals surface area contributed by atoms with Crippen LogP contribution in [0.3, 0.4) is 0 Å². The molecule has 3 N–H and O–H groups in total. The lowest BCUT2D eigenvalue weighted by molar-refractivity contribution is 0.407. The van der Waals surface area contributed by atoms with Crippen molar-refractivity contribution >= 4 is 0 Å². The molecule has 0 aromatic carbocycles. The van der Waals surface area contributed by atoms with Crippen molar-refractivity contribution in [2.75, 3.05) is 13.1 Å². The van der Waals surface area contributed by atoms with Crippen LogP contribution in [-0.4, -0.2) is 13.1 Å². The van der Waals surface area contributed by atoms with Crippen molar-refractivity contribution in [3.05, 3.63) is 23.7 Å². The minimum absolute atomic E-state index is 0.0948. The monoisotopic (exact) mass is 206 g/mol. The molecule has 0 spiro atoms. The Morgan fingerprint density at radius 1 is 1.53 bits per heavy atom. The van der Waals surface area contributed by atoms with Gasteiger partial charge in [-0.1, -0.05) is 0 Å². The minimum atomic E-state index is 0.0948. The largest absolute Gasteiger partial charge is 0.465 e. The molecule has 0 aliphatic rings. The fraction of sp³-hybridized carbons (Fsp3) is 0.500. The summed E-state index contributed by atoms with van der Waals surface area (Å²) in [5.74, 6) is 7.68. The topological polar surface area (TPSA) is 51.2 Å². The molecule has 0 saturated carbocycles. The van der Waals surface area contributed by atoms with Gasteiger partial charge in [0.15, 0.2) is 0 Å². The van der Waals surface area contributed by atoms with Crippen LogP contribution in [0.15, 0.2) is 16.5 Å². The molecule has 0 saturated heterocycles. The van der Waals surface area contributed by atoms with E-state index in [1.54, 1.807) is 0 Å². The van der Waals surface area contributed by atoms with E-state index in [2.05, 4.69) is 17.2 Å². The van der Waals surface area contributed by atoms with Gasteiger partial charge in [-0.3, -0.25) is 0 Å². The summed E-state index contributed by atoms with van der Waals surface area (Å²) in [6.07, 6.45) is 0.840. The predicted octanol–water partition coefficient (Wildman–Crippen LogP) is 1.59. The van der Waals surface area contributed by atoms with Gasteiger partial charge < -0.3 is 15.5 Å². The summed E-state index contributed by atoms with van der Waals surface area (Å²) in [4.78, 5) is 0. The molecular weight excluding hydrogens is 188 g/mol. The zero-order chi connectivity index (χ0) is 11.1. The molecule has 3 heteroatoms. The first-order valence-corrected chi connectivity index (χ1v) is 5.17. The second kappa shape index (κ2) is 6.28. The Morgan fingerprint density at radius 3 is 2.87 bits per heavy atom. The maximum atomic E-state index is 5.67. The quantitative estimate of drug-likeness (QED) is 0.568. The van der Waals surface area contributed by atoms with E-state index < -0.39 is 0 Å². The summed E-state index contributed by atoms with van der Waals surface area (Å²) in [5, 5.41) is 3.31. The summed E-state index contributed by atoms with van der Waals surface area (Å²) >= 11 is 0. The molecule has 1 rings (SSSR count). The molecule has 3 nitrogen and oxygen atoms in total. The summed E-state index contributed by atoms with van der Waals surface area (Å²) in [7, 11) is 0. The first-order chi connectivity index (χ1) is 7.27. The van der Waals surface area contributed by atoms with Crippen LogP contribution in [0.1, 0.15) is 30.9 Å². The third-order valence-electron chi connectivity index (χ3n) is 2.16. The molecule has 0 fully saturated rings. The van der Waals surface area contributed by atoms with Crippen molar-refractivity contribution in [3.63, 3.8) is 0 Å². The summed E-state index contributed by atoms with van der Waals surface area (Å²) in [6, 6.07) is 4.01. The standard InChI is InChI=1S/C12H18N2O/c1-3-4-5-8-14-11(9-13)12-7-6-10(2)15-12/h6-7,11,14H,5,8-9,13H2,1-2H3. The van der Waals surface area contributed by atoms with Gasteiger partial charge in [-0.15, -0.1) is 11.8 Å². The third-order valence-corrected chi connectivity index (χ3v) is 2.16. The van der Waals surface area contributed by atoms with Gasteiger partial charge in [-0.25, -0.2) is 0 Å². The lowest BCUT2D eigenvalue weighted by Gasteiger charge is -2.13. The van der Waals surface area contributed by atoms with Crippen LogP contribution in [0.2, 0.25) is 0 Å². The molecule has 0 amide bonds. The van der Waals surface area contributed by atoms with E-state index >= 15 is 0 Å². The highest BCUT2D eigenvalue weighted by atomic mass is 16.3. The van der Waals surface area contributed by atoms with Gasteiger partial charge in [0.25, 0.3) is 0 Å². The van der Waals surface area contributed by atoms with E-state index in [1.807, 2.05) is 26.0 Å². The smallest absolute Gasteiger partial charge is 0.122 e. The zero-order valence-electron chi connectivity index (χ0n) is 9.34. The highest BCUT2D eigenvalue weighted by molar-refractivity contribution is 5.10. The maximum absolute atomic E-state index is 5.67. The van der Waals surface area contributed by atoms with Gasteiger partial charge in [0.1, 0.15) is 11.5 Å². The van der Waals surface area contributed by atoms with Crippen molar-refractivity contribution in [1.29, 1.82) is 0 Å². The van der Waals surface area contributed by atoms with Crippen LogP contribution in [0.5, 0.6) is 0 Å². The average Bonchev–Trinajstić information content (AvgIpc) is 2.65. The fourth-order valence-electron chi connectivity index (χ4n) is 1.37. The van der Waals surface area contributed by atoms with E-state index in [0.717, 1.165) is 24.5 Å². The molecular formula is C12H18N2O. The molecule has 0 radical (unpaired) electrons. The molecule has 1 unspecified atom stereocenters. The van der Waals surface area contributed by atoms with Crippen molar-refractivity contribution in [2.24, 2.45) is 5.73 Å². The van der Waals surface area contributed by atoms with Crippen LogP contribution >= 0.6 is 0 Å². The zero-order valence-corrected chi connectivity index (χ0v) is 9.34. The average molecular weight is 206 g/mol. The van der Waals surface area contributed by atoms with Crippen LogP contribution < -0.4 is 11.1 Å². The van der Waals surface area contributed by atoms with Crippen LogP contribution in [-0.2, 0) is 0 Å². The molecule has 1 aromatic heterocycles. The Morgan fingerprint density at radius 2 is 2.33 bits per heavy atom. The van der Waals surface area contributed by atoms with Crippen LogP contribution in [0.25, 0.3) is 0 Å². The number of hydrogen-bond donors (Lipinski definition) is 2. The SMILES string of the molecule is CC#CCCNC(CN)c1ccc(C)o1. The molecule has 0 aliphatic heterocycles. The first-order valence-electron chi connectivity index (χ1n) is 5.17. The van der Waals surface area contributed by atoms with E-state index in [4.69, 9.17) is 10.2 Å². The summed E-state index contributed by atoms with van der Waals surface area (Å²) in [6.45, 7) is 5.14. The number of rotatable bonds is 5. The third kappa shape index (κ3) is 3.78. The Balaban J connectivity index is 2.44. The Kier molecular flexibility index (Phi) is 4.96. The number of hydrogen-bond acceptors (Lipinski definition) is 3. The van der Waals surface area contributed by atoms with Gasteiger partial charge in [0.05, 0.1) is 6.04 Å². The summed E-state index contributed by atoms with van der Waals surface area (Å²) < 4.78 is 5.52. The normalized spacial score (nSPS) is 11.9. The van der Waals surface area contributed by atoms with E-state index in [-0.39, 0.29) is 6.04 Å². The predicted molar refractivity (Wildman–Crippen MR) is 61.3 cm³/mol. The molecule has 82 valence electrons. The Hall–Kier alpha value is -1.24. The highest BCUT2D eigenvalue weighted by Gasteiger charge is 2.11. The van der Waals surface area contributed by atoms with E-state index in [1.165, 1.54) is 0 Å². The van der Waals surface area contributed by atoms with Crippen molar-refractivity contribution < 1.29 is 4.42 Å². The van der Waals surface area contributed by atoms with Gasteiger partial charge in [0, 0.05) is 19.5 Å². The maximum Gasteiger partial charge on any atom is 0.122 e. The summed E-state index contributed by atoms with van der Waals surface area (Å²) in [5.41, 5.74) is 5.67. The highest BCUT2D eigenvalue weighted by Crippen LogP contribution is 2.14. The van der Waals surface area contributed by atoms with Crippen molar-refractivity contribution in [3.8, 4) is 11.8 Å². The van der Waals surface area contributed by atoms with Crippen molar-refractivity contribution in [2.45, 2.75) is 26.3 Å². The number of aryl methyl sites for hydroxylation is 1. The minimum Gasteiger partial charge on any atom is -0.465 e. The molecule has 0 aliphatic carbocycles.